The van der Waals surface area contributed by atoms with E-state index in [0.717, 1.165) is 6.42 Å². The van der Waals surface area contributed by atoms with Crippen molar-refractivity contribution >= 4 is 17.0 Å². The van der Waals surface area contributed by atoms with Crippen molar-refractivity contribution in [3.63, 3.8) is 0 Å². The largest absolute Gasteiger partial charge is 0.772 e. The Bertz CT molecular complexity index is 498. The molecule has 0 aromatic heterocycles. The highest BCUT2D eigenvalue weighted by Crippen LogP contribution is 2.44. The van der Waals surface area contributed by atoms with E-state index in [-0.39, 0.29) is 29.2 Å². The van der Waals surface area contributed by atoms with Gasteiger partial charge in [-0.05, 0) is 30.4 Å². The molecule has 0 bridgehead atoms. The summed E-state index contributed by atoms with van der Waals surface area (Å²) in [6.07, 6.45) is 1.25. The Kier molecular flexibility index (Phi) is 4.60. The Morgan fingerprint density at radius 1 is 1.40 bits per heavy atom. The standard InChI is InChI=1S/C15H20O4S/c1-15(2)9-8-13(12(15)10-20(17)18)19-14(16)11-6-4-3-5-7-11/h3-7,12-13H,8-10H2,1-2H3,(H,17,18)/p-1. The van der Waals surface area contributed by atoms with Gasteiger partial charge in [-0.25, -0.2) is 4.79 Å². The molecule has 0 N–H and O–H groups in total. The fourth-order valence-corrected chi connectivity index (χ4v) is 3.76. The Morgan fingerprint density at radius 3 is 2.65 bits per heavy atom. The number of ether oxygens (including phenoxy) is 1. The first-order valence-corrected chi connectivity index (χ1v) is 7.96. The molecule has 1 aliphatic carbocycles. The van der Waals surface area contributed by atoms with Crippen molar-refractivity contribution in [2.24, 2.45) is 11.3 Å². The van der Waals surface area contributed by atoms with Gasteiger partial charge >= 0.3 is 5.97 Å². The molecule has 2 rings (SSSR count). The lowest BCUT2D eigenvalue weighted by Crippen LogP contribution is -2.33. The summed E-state index contributed by atoms with van der Waals surface area (Å²) >= 11 is -2.12. The van der Waals surface area contributed by atoms with E-state index in [1.165, 1.54) is 0 Å². The zero-order chi connectivity index (χ0) is 14.8. The second-order valence-electron chi connectivity index (χ2n) is 5.91. The number of hydrogen-bond donors (Lipinski definition) is 0. The number of carbonyl (C=O) groups excluding carboxylic acids is 1. The van der Waals surface area contributed by atoms with Crippen LogP contribution in [0.4, 0.5) is 0 Å². The first-order chi connectivity index (χ1) is 9.40. The zero-order valence-corrected chi connectivity index (χ0v) is 12.5. The van der Waals surface area contributed by atoms with Crippen LogP contribution in [0, 0.1) is 11.3 Å². The molecule has 1 fully saturated rings. The third-order valence-electron chi connectivity index (χ3n) is 4.11. The van der Waals surface area contributed by atoms with Crippen molar-refractivity contribution in [1.82, 2.24) is 0 Å². The van der Waals surface area contributed by atoms with Crippen LogP contribution in [0.5, 0.6) is 0 Å². The molecule has 1 aromatic rings. The summed E-state index contributed by atoms with van der Waals surface area (Å²) in [7, 11) is 0. The van der Waals surface area contributed by atoms with Crippen molar-refractivity contribution in [2.45, 2.75) is 32.8 Å². The Labute approximate surface area is 121 Å². The highest BCUT2D eigenvalue weighted by Gasteiger charge is 2.43. The molecule has 5 heteroatoms. The fourth-order valence-electron chi connectivity index (χ4n) is 2.80. The predicted molar refractivity (Wildman–Crippen MR) is 75.9 cm³/mol. The molecular weight excluding hydrogens is 276 g/mol. The van der Waals surface area contributed by atoms with E-state index in [0.29, 0.717) is 12.0 Å². The average molecular weight is 295 g/mol. The highest BCUT2D eigenvalue weighted by atomic mass is 32.2. The van der Waals surface area contributed by atoms with E-state index >= 15 is 0 Å². The third-order valence-corrected chi connectivity index (χ3v) is 4.74. The minimum absolute atomic E-state index is 0.0414. The summed E-state index contributed by atoms with van der Waals surface area (Å²) in [6, 6.07) is 8.78. The van der Waals surface area contributed by atoms with E-state index in [2.05, 4.69) is 0 Å². The van der Waals surface area contributed by atoms with Gasteiger partial charge in [0.1, 0.15) is 6.10 Å². The van der Waals surface area contributed by atoms with Crippen molar-refractivity contribution in [3.8, 4) is 0 Å². The normalized spacial score (nSPS) is 26.1. The Hall–Kier alpha value is -1.20. The molecule has 0 amide bonds. The first-order valence-electron chi connectivity index (χ1n) is 6.72. The number of esters is 1. The van der Waals surface area contributed by atoms with Crippen molar-refractivity contribution in [3.05, 3.63) is 35.9 Å². The molecule has 0 heterocycles. The minimum atomic E-state index is -2.12. The second-order valence-corrected chi connectivity index (χ2v) is 6.85. The van der Waals surface area contributed by atoms with Gasteiger partial charge in [-0.15, -0.1) is 0 Å². The van der Waals surface area contributed by atoms with E-state index in [1.807, 2.05) is 19.9 Å². The summed E-state index contributed by atoms with van der Waals surface area (Å²) in [4.78, 5) is 12.1. The third kappa shape index (κ3) is 3.46. The summed E-state index contributed by atoms with van der Waals surface area (Å²) in [5.74, 6) is -0.483. The summed E-state index contributed by atoms with van der Waals surface area (Å²) in [5, 5.41) is 0. The lowest BCUT2D eigenvalue weighted by molar-refractivity contribution is 0.0161. The Morgan fingerprint density at radius 2 is 2.05 bits per heavy atom. The van der Waals surface area contributed by atoms with E-state index in [1.54, 1.807) is 24.3 Å². The van der Waals surface area contributed by atoms with Gasteiger partial charge in [-0.3, -0.25) is 4.21 Å². The minimum Gasteiger partial charge on any atom is -0.772 e. The summed E-state index contributed by atoms with van der Waals surface area (Å²) < 4.78 is 27.5. The van der Waals surface area contributed by atoms with E-state index in [9.17, 15) is 13.6 Å². The van der Waals surface area contributed by atoms with Gasteiger partial charge in [0.25, 0.3) is 0 Å². The first kappa shape index (κ1) is 15.2. The van der Waals surface area contributed by atoms with Gasteiger partial charge in [0, 0.05) is 11.7 Å². The lowest BCUT2D eigenvalue weighted by Gasteiger charge is -2.31. The van der Waals surface area contributed by atoms with Crippen LogP contribution in [0.1, 0.15) is 37.0 Å². The number of carbonyl (C=O) groups is 1. The molecule has 1 aromatic carbocycles. The fraction of sp³-hybridized carbons (Fsp3) is 0.533. The van der Waals surface area contributed by atoms with Gasteiger partial charge in [-0.2, -0.15) is 0 Å². The second kappa shape index (κ2) is 6.06. The van der Waals surface area contributed by atoms with Gasteiger partial charge < -0.3 is 9.29 Å². The number of benzene rings is 1. The summed E-state index contributed by atoms with van der Waals surface area (Å²) in [6.45, 7) is 4.06. The number of hydrogen-bond acceptors (Lipinski definition) is 4. The van der Waals surface area contributed by atoms with Crippen LogP contribution in [0.3, 0.4) is 0 Å². The van der Waals surface area contributed by atoms with Crippen molar-refractivity contribution in [1.29, 1.82) is 0 Å². The van der Waals surface area contributed by atoms with Gasteiger partial charge in [-0.1, -0.05) is 43.1 Å². The number of rotatable bonds is 4. The zero-order valence-electron chi connectivity index (χ0n) is 11.7. The molecule has 20 heavy (non-hydrogen) atoms. The molecule has 0 spiro atoms. The van der Waals surface area contributed by atoms with Crippen molar-refractivity contribution < 1.29 is 18.3 Å². The van der Waals surface area contributed by atoms with E-state index in [4.69, 9.17) is 4.74 Å². The van der Waals surface area contributed by atoms with Crippen LogP contribution in [0.25, 0.3) is 0 Å². The van der Waals surface area contributed by atoms with E-state index < -0.39 is 11.1 Å². The lowest BCUT2D eigenvalue weighted by atomic mass is 9.82. The predicted octanol–water partition coefficient (Wildman–Crippen LogP) is 2.53. The van der Waals surface area contributed by atoms with Crippen LogP contribution in [-0.2, 0) is 15.8 Å². The van der Waals surface area contributed by atoms with Crippen LogP contribution in [0.2, 0.25) is 0 Å². The Balaban J connectivity index is 2.08. The SMILES string of the molecule is CC1(C)CCC(OC(=O)c2ccccc2)C1CS(=O)[O-]. The maximum Gasteiger partial charge on any atom is 0.338 e. The van der Waals surface area contributed by atoms with Gasteiger partial charge in [0.05, 0.1) is 5.56 Å². The quantitative estimate of drug-likeness (QED) is 0.632. The molecule has 3 atom stereocenters. The molecular formula is C15H19O4S-. The summed E-state index contributed by atoms with van der Waals surface area (Å²) in [5.41, 5.74) is 0.376. The van der Waals surface area contributed by atoms with Crippen LogP contribution < -0.4 is 0 Å². The van der Waals surface area contributed by atoms with Crippen LogP contribution >= 0.6 is 0 Å². The molecule has 110 valence electrons. The molecule has 3 unspecified atom stereocenters. The molecule has 0 aliphatic heterocycles. The monoisotopic (exact) mass is 295 g/mol. The smallest absolute Gasteiger partial charge is 0.338 e. The van der Waals surface area contributed by atoms with Crippen LogP contribution in [-0.4, -0.2) is 26.6 Å². The maximum absolute atomic E-state index is 12.1. The molecule has 0 saturated heterocycles. The molecule has 0 radical (unpaired) electrons. The van der Waals surface area contributed by atoms with Crippen molar-refractivity contribution in [2.75, 3.05) is 5.75 Å². The maximum atomic E-state index is 12.1. The molecule has 1 saturated carbocycles. The topological polar surface area (TPSA) is 66.4 Å². The van der Waals surface area contributed by atoms with Gasteiger partial charge in [0.2, 0.25) is 0 Å². The highest BCUT2D eigenvalue weighted by molar-refractivity contribution is 7.79. The van der Waals surface area contributed by atoms with Gasteiger partial charge in [0.15, 0.2) is 0 Å². The molecule has 4 nitrogen and oxygen atoms in total. The van der Waals surface area contributed by atoms with Crippen LogP contribution in [0.15, 0.2) is 30.3 Å². The average Bonchev–Trinajstić information content (AvgIpc) is 2.67. The molecule has 1 aliphatic rings.